The van der Waals surface area contributed by atoms with E-state index in [0.29, 0.717) is 5.57 Å². The molecule has 0 amide bonds. The molecule has 1 saturated carbocycles. The van der Waals surface area contributed by atoms with Crippen LogP contribution < -0.4 is 16.4 Å². The predicted molar refractivity (Wildman–Crippen MR) is 103 cm³/mol. The zero-order valence-corrected chi connectivity index (χ0v) is 16.8. The van der Waals surface area contributed by atoms with E-state index in [1.807, 2.05) is 0 Å². The number of aromatic nitrogens is 4. The Bertz CT molecular complexity index is 1020. The summed E-state index contributed by atoms with van der Waals surface area (Å²) < 4.78 is 23.5. The summed E-state index contributed by atoms with van der Waals surface area (Å²) in [5.41, 5.74) is 6.19. The molecule has 2 aromatic rings. The lowest BCUT2D eigenvalue weighted by molar-refractivity contribution is -0.142. The second-order valence-electron chi connectivity index (χ2n) is 6.70. The maximum absolute atomic E-state index is 12.0. The van der Waals surface area contributed by atoms with Crippen LogP contribution in [0.2, 0.25) is 0 Å². The van der Waals surface area contributed by atoms with E-state index in [9.17, 15) is 19.3 Å². The summed E-state index contributed by atoms with van der Waals surface area (Å²) in [5.74, 6) is -1.13. The molecule has 1 aliphatic carbocycles. The number of ether oxygens (including phenoxy) is 1. The van der Waals surface area contributed by atoms with Gasteiger partial charge in [0.1, 0.15) is 12.6 Å². The van der Waals surface area contributed by atoms with Gasteiger partial charge in [0.05, 0.1) is 25.6 Å². The fraction of sp³-hybridized carbons (Fsp3) is 0.500. The number of carbonyl (C=O) groups excluding carboxylic acids is 1. The molecular formula is C16H22N6O6P+. The molecule has 1 unspecified atom stereocenters. The molecule has 1 fully saturated rings. The molecule has 5 N–H and O–H groups in total. The Labute approximate surface area is 166 Å². The van der Waals surface area contributed by atoms with Crippen LogP contribution in [0.1, 0.15) is 19.4 Å². The second-order valence-corrected chi connectivity index (χ2v) is 7.73. The fourth-order valence-electron chi connectivity index (χ4n) is 3.29. The van der Waals surface area contributed by atoms with Gasteiger partial charge in [0, 0.05) is 5.92 Å². The van der Waals surface area contributed by atoms with Gasteiger partial charge in [-0.1, -0.05) is 11.7 Å². The number of hydrogen-bond donors (Lipinski definition) is 4. The summed E-state index contributed by atoms with van der Waals surface area (Å²) in [7, 11) is -1.13. The van der Waals surface area contributed by atoms with Crippen molar-refractivity contribution >= 4 is 31.3 Å². The number of aliphatic hydroxyl groups is 1. The van der Waals surface area contributed by atoms with Gasteiger partial charge < -0.3 is 20.1 Å². The van der Waals surface area contributed by atoms with Crippen molar-refractivity contribution in [2.24, 2.45) is 5.92 Å². The molecule has 156 valence electrons. The largest absolute Gasteiger partial charge is 0.613 e. The molecule has 5 atom stereocenters. The first-order valence-electron chi connectivity index (χ1n) is 8.76. The van der Waals surface area contributed by atoms with Crippen LogP contribution in [0.5, 0.6) is 0 Å². The number of aliphatic hydroxyl groups excluding tert-OH is 1. The third-order valence-electron chi connectivity index (χ3n) is 4.85. The molecule has 0 saturated heterocycles. The number of hydrogen-bond acceptors (Lipinski definition) is 9. The second kappa shape index (κ2) is 8.37. The van der Waals surface area contributed by atoms with Crippen LogP contribution in [-0.2, 0) is 18.6 Å². The molecule has 29 heavy (non-hydrogen) atoms. The van der Waals surface area contributed by atoms with Crippen LogP contribution in [-0.4, -0.2) is 56.5 Å². The van der Waals surface area contributed by atoms with Gasteiger partial charge in [-0.3, -0.25) is 14.6 Å². The average Bonchev–Trinajstić information content (AvgIpc) is 3.20. The van der Waals surface area contributed by atoms with Gasteiger partial charge >= 0.3 is 14.1 Å². The number of fused-ring (bicyclic) bond motifs is 1. The molecule has 2 aromatic heterocycles. The van der Waals surface area contributed by atoms with Gasteiger partial charge in [-0.25, -0.2) is 4.98 Å². The van der Waals surface area contributed by atoms with Gasteiger partial charge in [0.2, 0.25) is 5.95 Å². The zero-order chi connectivity index (χ0) is 21.3. The Morgan fingerprint density at radius 1 is 1.62 bits per heavy atom. The molecule has 3 rings (SSSR count). The highest BCUT2D eigenvalue weighted by Crippen LogP contribution is 2.41. The van der Waals surface area contributed by atoms with Crippen molar-refractivity contribution in [3.63, 3.8) is 0 Å². The number of imidazole rings is 1. The first-order chi connectivity index (χ1) is 13.7. The minimum Gasteiger partial charge on any atom is -0.468 e. The molecule has 13 heteroatoms. The van der Waals surface area contributed by atoms with E-state index in [1.54, 1.807) is 4.57 Å². The number of H-pyrrole nitrogens is 1. The van der Waals surface area contributed by atoms with Crippen molar-refractivity contribution in [3.8, 4) is 0 Å². The summed E-state index contributed by atoms with van der Waals surface area (Å²) in [5, 5.41) is 12.9. The fourth-order valence-corrected chi connectivity index (χ4v) is 4.09. The molecule has 0 bridgehead atoms. The Hall–Kier alpha value is -2.66. The highest BCUT2D eigenvalue weighted by Gasteiger charge is 2.40. The highest BCUT2D eigenvalue weighted by molar-refractivity contribution is 7.36. The van der Waals surface area contributed by atoms with E-state index >= 15 is 0 Å². The molecule has 0 radical (unpaired) electrons. The van der Waals surface area contributed by atoms with E-state index in [-0.39, 0.29) is 30.1 Å². The lowest BCUT2D eigenvalue weighted by Crippen LogP contribution is -2.30. The lowest BCUT2D eigenvalue weighted by Gasteiger charge is -2.15. The van der Waals surface area contributed by atoms with Crippen LogP contribution in [0.4, 0.5) is 5.95 Å². The standard InChI is InChI=1S/C16H21N6O6P/c1-7-9(5-28-29(26)21-8(2)15(25)27-3)11(23)4-10(7)22-6-18-12-13(22)19-16(17)20-14(12)24/h6,8-11,23H,1,4-5H2,2-3H3,(H3-,17,19,20,21,24,26)/p+1/t8-,9-,10-,11-/m0/s1. The number of esters is 1. The summed E-state index contributed by atoms with van der Waals surface area (Å²) in [4.78, 5) is 33.9. The molecule has 0 aliphatic heterocycles. The van der Waals surface area contributed by atoms with Gasteiger partial charge in [-0.05, 0) is 23.5 Å². The number of anilines is 1. The van der Waals surface area contributed by atoms with Crippen LogP contribution in [0.15, 0.2) is 23.3 Å². The predicted octanol–water partition coefficient (Wildman–Crippen LogP) is 0.00500. The van der Waals surface area contributed by atoms with Gasteiger partial charge in [0.25, 0.3) is 5.56 Å². The van der Waals surface area contributed by atoms with Crippen LogP contribution in [0, 0.1) is 5.92 Å². The Kier molecular flexibility index (Phi) is 6.08. The molecular weight excluding hydrogens is 403 g/mol. The normalized spacial score (nSPS) is 23.3. The van der Waals surface area contributed by atoms with Crippen LogP contribution in [0.3, 0.4) is 0 Å². The zero-order valence-electron chi connectivity index (χ0n) is 15.9. The molecule has 0 aromatic carbocycles. The number of aromatic amines is 1. The number of methoxy groups -OCH3 is 1. The summed E-state index contributed by atoms with van der Waals surface area (Å²) in [6, 6.07) is -1.20. The summed E-state index contributed by atoms with van der Waals surface area (Å²) in [6.07, 6.45) is 0.916. The number of nitrogens with zero attached hydrogens (tertiary/aromatic N) is 3. The quantitative estimate of drug-likeness (QED) is 0.268. The van der Waals surface area contributed by atoms with Crippen molar-refractivity contribution in [1.82, 2.24) is 24.6 Å². The van der Waals surface area contributed by atoms with Crippen LogP contribution >= 0.6 is 8.18 Å². The van der Waals surface area contributed by atoms with Crippen molar-refractivity contribution < 1.29 is 23.7 Å². The molecule has 12 nitrogen and oxygen atoms in total. The van der Waals surface area contributed by atoms with Gasteiger partial charge in [-0.2, -0.15) is 4.98 Å². The molecule has 2 heterocycles. The molecule has 1 aliphatic rings. The van der Waals surface area contributed by atoms with E-state index in [1.165, 1.54) is 20.4 Å². The Morgan fingerprint density at radius 3 is 3.03 bits per heavy atom. The number of nitrogens with two attached hydrogens (primary N) is 1. The van der Waals surface area contributed by atoms with Crippen molar-refractivity contribution in [1.29, 1.82) is 0 Å². The SMILES string of the molecule is C=C1[C@H](CO[P+](=O)N[C@@H](C)C(=O)OC)[C@@H](O)C[C@@H]1n1cnc2c(=O)[nH]c(N)nc21. The van der Waals surface area contributed by atoms with Gasteiger partial charge in [0.15, 0.2) is 11.2 Å². The number of nitrogens with one attached hydrogen (secondary N) is 2. The number of nitrogen functional groups attached to an aromatic ring is 1. The minimum absolute atomic E-state index is 0.0453. The van der Waals surface area contributed by atoms with Gasteiger partial charge in [-0.15, -0.1) is 4.52 Å². The van der Waals surface area contributed by atoms with Crippen molar-refractivity contribution in [2.75, 3.05) is 19.5 Å². The highest BCUT2D eigenvalue weighted by atomic mass is 31.1. The van der Waals surface area contributed by atoms with E-state index in [0.717, 1.165) is 0 Å². The topological polar surface area (TPSA) is 174 Å². The first-order valence-corrected chi connectivity index (χ1v) is 9.94. The minimum atomic E-state index is -2.36. The monoisotopic (exact) mass is 425 g/mol. The number of rotatable bonds is 7. The van der Waals surface area contributed by atoms with Crippen molar-refractivity contribution in [3.05, 3.63) is 28.8 Å². The summed E-state index contributed by atoms with van der Waals surface area (Å²) in [6.45, 7) is 5.45. The Balaban J connectivity index is 1.71. The Morgan fingerprint density at radius 2 is 2.34 bits per heavy atom. The summed E-state index contributed by atoms with van der Waals surface area (Å²) >= 11 is 0. The van der Waals surface area contributed by atoms with E-state index in [4.69, 9.17) is 10.3 Å². The first kappa shape index (κ1) is 21.1. The maximum Gasteiger partial charge on any atom is 0.613 e. The number of carbonyl (C=O) groups is 1. The third-order valence-corrected chi connectivity index (χ3v) is 5.83. The molecule has 0 spiro atoms. The maximum atomic E-state index is 12.0. The van der Waals surface area contributed by atoms with Crippen molar-refractivity contribution in [2.45, 2.75) is 31.5 Å². The van der Waals surface area contributed by atoms with E-state index < -0.39 is 43.8 Å². The van der Waals surface area contributed by atoms with E-state index in [2.05, 4.69) is 31.4 Å². The van der Waals surface area contributed by atoms with Crippen LogP contribution in [0.25, 0.3) is 11.2 Å². The third kappa shape index (κ3) is 4.20. The lowest BCUT2D eigenvalue weighted by atomic mass is 10.0. The average molecular weight is 425 g/mol. The smallest absolute Gasteiger partial charge is 0.468 e.